The van der Waals surface area contributed by atoms with E-state index in [2.05, 4.69) is 41.4 Å². The van der Waals surface area contributed by atoms with Gasteiger partial charge in [0.25, 0.3) is 0 Å². The molecule has 0 atom stereocenters. The summed E-state index contributed by atoms with van der Waals surface area (Å²) in [5.41, 5.74) is 10.4. The van der Waals surface area contributed by atoms with Crippen LogP contribution in [0.5, 0.6) is 0 Å². The van der Waals surface area contributed by atoms with Crippen LogP contribution in [0.2, 0.25) is 0 Å². The van der Waals surface area contributed by atoms with E-state index in [9.17, 15) is 0 Å². The molecule has 0 fully saturated rings. The highest BCUT2D eigenvalue weighted by molar-refractivity contribution is 5.65. The van der Waals surface area contributed by atoms with Crippen LogP contribution in [0.15, 0.2) is 30.5 Å². The molecule has 0 saturated heterocycles. The van der Waals surface area contributed by atoms with Crippen molar-refractivity contribution in [2.24, 2.45) is 5.73 Å². The van der Waals surface area contributed by atoms with Crippen LogP contribution in [0.4, 0.5) is 0 Å². The van der Waals surface area contributed by atoms with Crippen LogP contribution in [-0.4, -0.2) is 16.7 Å². The predicted molar refractivity (Wildman–Crippen MR) is 66.2 cm³/mol. The smallest absolute Gasteiger partial charge is 0.0568 e. The molecule has 84 valence electrons. The Balaban J connectivity index is 2.31. The molecule has 1 heterocycles. The normalized spacial score (nSPS) is 10.6. The molecule has 1 aromatic heterocycles. The van der Waals surface area contributed by atoms with Gasteiger partial charge in [-0.3, -0.25) is 5.10 Å². The van der Waals surface area contributed by atoms with E-state index in [-0.39, 0.29) is 0 Å². The van der Waals surface area contributed by atoms with Crippen molar-refractivity contribution in [2.45, 2.75) is 19.8 Å². The minimum absolute atomic E-state index is 0.641. The minimum Gasteiger partial charge on any atom is -0.330 e. The molecule has 16 heavy (non-hydrogen) atoms. The lowest BCUT2D eigenvalue weighted by molar-refractivity contribution is 0.902. The minimum atomic E-state index is 0.641. The predicted octanol–water partition coefficient (Wildman–Crippen LogP) is 2.14. The average molecular weight is 215 g/mol. The summed E-state index contributed by atoms with van der Waals surface area (Å²) < 4.78 is 0. The van der Waals surface area contributed by atoms with Crippen LogP contribution in [-0.2, 0) is 12.8 Å². The van der Waals surface area contributed by atoms with E-state index >= 15 is 0 Å². The highest BCUT2D eigenvalue weighted by Gasteiger charge is 2.06. The third kappa shape index (κ3) is 2.14. The number of nitrogens with one attached hydrogen (secondary N) is 1. The molecule has 0 aliphatic carbocycles. The van der Waals surface area contributed by atoms with E-state index in [0.29, 0.717) is 6.54 Å². The Labute approximate surface area is 95.7 Å². The van der Waals surface area contributed by atoms with Gasteiger partial charge in [0.05, 0.1) is 6.20 Å². The first-order valence-corrected chi connectivity index (χ1v) is 5.66. The van der Waals surface area contributed by atoms with Crippen LogP contribution < -0.4 is 5.73 Å². The first-order valence-electron chi connectivity index (χ1n) is 5.66. The molecular formula is C13H17N3. The van der Waals surface area contributed by atoms with E-state index < -0.39 is 0 Å². The van der Waals surface area contributed by atoms with Gasteiger partial charge in [0.15, 0.2) is 0 Å². The molecular weight excluding hydrogens is 198 g/mol. The number of nitrogens with zero attached hydrogens (tertiary/aromatic N) is 1. The third-order valence-corrected chi connectivity index (χ3v) is 2.79. The van der Waals surface area contributed by atoms with Gasteiger partial charge in [0.1, 0.15) is 0 Å². The van der Waals surface area contributed by atoms with Gasteiger partial charge in [-0.1, -0.05) is 31.2 Å². The van der Waals surface area contributed by atoms with Gasteiger partial charge in [0.2, 0.25) is 0 Å². The first-order chi connectivity index (χ1) is 7.85. The van der Waals surface area contributed by atoms with Crippen LogP contribution >= 0.6 is 0 Å². The molecule has 3 nitrogen and oxygen atoms in total. The topological polar surface area (TPSA) is 54.7 Å². The number of benzene rings is 1. The Morgan fingerprint density at radius 3 is 2.62 bits per heavy atom. The Kier molecular flexibility index (Phi) is 3.37. The van der Waals surface area contributed by atoms with Crippen molar-refractivity contribution >= 4 is 0 Å². The number of rotatable bonds is 4. The van der Waals surface area contributed by atoms with Gasteiger partial charge in [0, 0.05) is 17.7 Å². The zero-order valence-electron chi connectivity index (χ0n) is 9.53. The zero-order valence-corrected chi connectivity index (χ0v) is 9.53. The van der Waals surface area contributed by atoms with Gasteiger partial charge in [-0.05, 0) is 24.1 Å². The summed E-state index contributed by atoms with van der Waals surface area (Å²) in [5, 5.41) is 7.08. The highest BCUT2D eigenvalue weighted by Crippen LogP contribution is 2.22. The number of aryl methyl sites for hydroxylation is 1. The number of hydrogen-bond acceptors (Lipinski definition) is 2. The summed E-state index contributed by atoms with van der Waals surface area (Å²) in [7, 11) is 0. The lowest BCUT2D eigenvalue weighted by Gasteiger charge is -2.03. The summed E-state index contributed by atoms with van der Waals surface area (Å²) in [6, 6.07) is 8.61. The number of aromatic amines is 1. The molecule has 0 saturated carbocycles. The van der Waals surface area contributed by atoms with Crippen molar-refractivity contribution < 1.29 is 0 Å². The maximum atomic E-state index is 5.56. The number of H-pyrrole nitrogens is 1. The molecule has 3 N–H and O–H groups in total. The molecule has 2 rings (SSSR count). The maximum Gasteiger partial charge on any atom is 0.0568 e. The second-order valence-corrected chi connectivity index (χ2v) is 3.85. The van der Waals surface area contributed by atoms with Crippen molar-refractivity contribution in [1.82, 2.24) is 10.2 Å². The molecule has 0 aliphatic rings. The molecule has 3 heteroatoms. The summed E-state index contributed by atoms with van der Waals surface area (Å²) in [4.78, 5) is 0. The fraction of sp³-hybridized carbons (Fsp3) is 0.308. The Morgan fingerprint density at radius 2 is 2.00 bits per heavy atom. The molecule has 0 unspecified atom stereocenters. The maximum absolute atomic E-state index is 5.56. The van der Waals surface area contributed by atoms with Crippen molar-refractivity contribution in [1.29, 1.82) is 0 Å². The van der Waals surface area contributed by atoms with Crippen molar-refractivity contribution in [3.63, 3.8) is 0 Å². The monoisotopic (exact) mass is 215 g/mol. The largest absolute Gasteiger partial charge is 0.330 e. The van der Waals surface area contributed by atoms with E-state index in [1.807, 2.05) is 6.20 Å². The van der Waals surface area contributed by atoms with Crippen molar-refractivity contribution in [3.05, 3.63) is 41.7 Å². The summed E-state index contributed by atoms with van der Waals surface area (Å²) in [6.07, 6.45) is 3.78. The fourth-order valence-electron chi connectivity index (χ4n) is 1.82. The molecule has 0 spiro atoms. The Bertz CT molecular complexity index is 442. The number of aromatic nitrogens is 2. The third-order valence-electron chi connectivity index (χ3n) is 2.79. The summed E-state index contributed by atoms with van der Waals surface area (Å²) in [6.45, 7) is 2.80. The van der Waals surface area contributed by atoms with Crippen LogP contribution in [0, 0.1) is 0 Å². The average Bonchev–Trinajstić information content (AvgIpc) is 2.78. The second kappa shape index (κ2) is 4.94. The Hall–Kier alpha value is -1.61. The van der Waals surface area contributed by atoms with Gasteiger partial charge in [-0.15, -0.1) is 0 Å². The first kappa shape index (κ1) is 10.9. The van der Waals surface area contributed by atoms with Gasteiger partial charge in [-0.2, -0.15) is 5.10 Å². The SMILES string of the molecule is CCc1ccc(-c2cn[nH]c2CCN)cc1. The van der Waals surface area contributed by atoms with Crippen LogP contribution in [0.1, 0.15) is 18.2 Å². The number of hydrogen-bond donors (Lipinski definition) is 2. The molecule has 0 amide bonds. The molecule has 0 bridgehead atoms. The molecule has 2 aromatic rings. The second-order valence-electron chi connectivity index (χ2n) is 3.85. The van der Waals surface area contributed by atoms with Gasteiger partial charge in [-0.25, -0.2) is 0 Å². The Morgan fingerprint density at radius 1 is 1.25 bits per heavy atom. The summed E-state index contributed by atoms with van der Waals surface area (Å²) in [5.74, 6) is 0. The van der Waals surface area contributed by atoms with Gasteiger partial charge < -0.3 is 5.73 Å². The highest BCUT2D eigenvalue weighted by atomic mass is 15.1. The van der Waals surface area contributed by atoms with Gasteiger partial charge >= 0.3 is 0 Å². The van der Waals surface area contributed by atoms with E-state index in [1.165, 1.54) is 11.1 Å². The van der Waals surface area contributed by atoms with E-state index in [0.717, 1.165) is 24.1 Å². The van der Waals surface area contributed by atoms with E-state index in [4.69, 9.17) is 5.73 Å². The molecule has 1 aromatic carbocycles. The van der Waals surface area contributed by atoms with Crippen LogP contribution in [0.3, 0.4) is 0 Å². The molecule has 0 aliphatic heterocycles. The lowest BCUT2D eigenvalue weighted by atomic mass is 10.0. The quantitative estimate of drug-likeness (QED) is 0.821. The number of nitrogens with two attached hydrogens (primary N) is 1. The fourth-order valence-corrected chi connectivity index (χ4v) is 1.82. The lowest BCUT2D eigenvalue weighted by Crippen LogP contribution is -2.03. The molecule has 0 radical (unpaired) electrons. The van der Waals surface area contributed by atoms with E-state index in [1.54, 1.807) is 0 Å². The summed E-state index contributed by atoms with van der Waals surface area (Å²) >= 11 is 0. The van der Waals surface area contributed by atoms with Crippen molar-refractivity contribution in [2.75, 3.05) is 6.54 Å². The standard InChI is InChI=1S/C13H17N3/c1-2-10-3-5-11(6-4-10)12-9-15-16-13(12)7-8-14/h3-6,9H,2,7-8,14H2,1H3,(H,15,16). The van der Waals surface area contributed by atoms with Crippen LogP contribution in [0.25, 0.3) is 11.1 Å². The zero-order chi connectivity index (χ0) is 11.4. The van der Waals surface area contributed by atoms with Crippen molar-refractivity contribution in [3.8, 4) is 11.1 Å².